The van der Waals surface area contributed by atoms with Gasteiger partial charge in [-0.1, -0.05) is 19.1 Å². The summed E-state index contributed by atoms with van der Waals surface area (Å²) in [5.74, 6) is 1.69. The highest BCUT2D eigenvalue weighted by atomic mass is 16.5. The Hall–Kier alpha value is -2.07. The van der Waals surface area contributed by atoms with Crippen molar-refractivity contribution in [2.75, 3.05) is 7.11 Å². The molecule has 0 amide bonds. The van der Waals surface area contributed by atoms with Crippen molar-refractivity contribution in [3.8, 4) is 11.5 Å². The van der Waals surface area contributed by atoms with E-state index in [0.29, 0.717) is 6.61 Å². The van der Waals surface area contributed by atoms with Crippen molar-refractivity contribution in [3.05, 3.63) is 52.8 Å². The van der Waals surface area contributed by atoms with Gasteiger partial charge in [0.25, 0.3) is 0 Å². The minimum atomic E-state index is 0.0827. The third-order valence-electron chi connectivity index (χ3n) is 3.87. The maximum Gasteiger partial charge on any atom is 0.131 e. The van der Waals surface area contributed by atoms with Crippen LogP contribution in [0.5, 0.6) is 11.5 Å². The zero-order valence-corrected chi connectivity index (χ0v) is 13.7. The molecule has 2 rings (SSSR count). The van der Waals surface area contributed by atoms with Gasteiger partial charge in [-0.05, 0) is 38.0 Å². The minimum Gasteiger partial charge on any atom is -0.496 e. The Morgan fingerprint density at radius 2 is 1.86 bits per heavy atom. The monoisotopic (exact) mass is 300 g/mol. The van der Waals surface area contributed by atoms with E-state index >= 15 is 0 Å². The van der Waals surface area contributed by atoms with Gasteiger partial charge in [-0.25, -0.2) is 0 Å². The van der Waals surface area contributed by atoms with Crippen LogP contribution in [-0.4, -0.2) is 12.1 Å². The Morgan fingerprint density at radius 1 is 1.18 bits per heavy atom. The fourth-order valence-corrected chi connectivity index (χ4v) is 2.42. The molecule has 1 unspecified atom stereocenters. The minimum absolute atomic E-state index is 0.0827. The van der Waals surface area contributed by atoms with Crippen LogP contribution in [0.3, 0.4) is 0 Å². The van der Waals surface area contributed by atoms with Gasteiger partial charge >= 0.3 is 0 Å². The van der Waals surface area contributed by atoms with Crippen molar-refractivity contribution in [3.63, 3.8) is 0 Å². The molecule has 1 atom stereocenters. The summed E-state index contributed by atoms with van der Waals surface area (Å²) in [4.78, 5) is 4.44. The van der Waals surface area contributed by atoms with E-state index in [2.05, 4.69) is 11.9 Å². The van der Waals surface area contributed by atoms with Crippen molar-refractivity contribution in [1.29, 1.82) is 0 Å². The highest BCUT2D eigenvalue weighted by molar-refractivity contribution is 5.41. The van der Waals surface area contributed by atoms with Crippen molar-refractivity contribution < 1.29 is 9.47 Å². The summed E-state index contributed by atoms with van der Waals surface area (Å²) in [5, 5.41) is 0. The Balaban J connectivity index is 2.07. The van der Waals surface area contributed by atoms with E-state index in [0.717, 1.165) is 40.3 Å². The van der Waals surface area contributed by atoms with Crippen LogP contribution in [0, 0.1) is 13.8 Å². The van der Waals surface area contributed by atoms with Gasteiger partial charge in [0.1, 0.15) is 18.1 Å². The molecule has 0 spiro atoms. The van der Waals surface area contributed by atoms with Crippen LogP contribution in [0.15, 0.2) is 30.5 Å². The average Bonchev–Trinajstić information content (AvgIpc) is 2.54. The number of nitrogens with two attached hydrogens (primary N) is 1. The van der Waals surface area contributed by atoms with Gasteiger partial charge in [0.05, 0.1) is 12.8 Å². The number of ether oxygens (including phenoxy) is 2. The molecule has 1 aromatic carbocycles. The van der Waals surface area contributed by atoms with E-state index in [1.54, 1.807) is 7.11 Å². The number of nitrogens with zero attached hydrogens (tertiary/aromatic N) is 1. The summed E-state index contributed by atoms with van der Waals surface area (Å²) in [6.07, 6.45) is 2.74. The second-order valence-electron chi connectivity index (χ2n) is 5.42. The number of methoxy groups -OCH3 is 1. The Bertz CT molecular complexity index is 624. The molecule has 1 heterocycles. The Morgan fingerprint density at radius 3 is 2.45 bits per heavy atom. The lowest BCUT2D eigenvalue weighted by Crippen LogP contribution is -2.08. The summed E-state index contributed by atoms with van der Waals surface area (Å²) < 4.78 is 11.2. The molecule has 0 radical (unpaired) electrons. The first-order valence-corrected chi connectivity index (χ1v) is 7.54. The lowest BCUT2D eigenvalue weighted by molar-refractivity contribution is 0.298. The molecule has 1 aromatic heterocycles. The highest BCUT2D eigenvalue weighted by Crippen LogP contribution is 2.25. The topological polar surface area (TPSA) is 57.4 Å². The largest absolute Gasteiger partial charge is 0.496 e. The average molecular weight is 300 g/mol. The van der Waals surface area contributed by atoms with Crippen LogP contribution in [0.1, 0.15) is 41.8 Å². The first-order valence-electron chi connectivity index (χ1n) is 7.54. The number of rotatable bonds is 6. The molecule has 0 saturated carbocycles. The molecular formula is C18H24N2O2. The van der Waals surface area contributed by atoms with Crippen LogP contribution < -0.4 is 15.2 Å². The van der Waals surface area contributed by atoms with Crippen LogP contribution in [0.2, 0.25) is 0 Å². The smallest absolute Gasteiger partial charge is 0.131 e. The van der Waals surface area contributed by atoms with Crippen LogP contribution in [-0.2, 0) is 6.61 Å². The van der Waals surface area contributed by atoms with E-state index in [4.69, 9.17) is 15.2 Å². The summed E-state index contributed by atoms with van der Waals surface area (Å²) in [6, 6.07) is 8.01. The van der Waals surface area contributed by atoms with Gasteiger partial charge in [0, 0.05) is 23.4 Å². The maximum absolute atomic E-state index is 6.01. The van der Waals surface area contributed by atoms with Crippen molar-refractivity contribution in [2.45, 2.75) is 39.8 Å². The van der Waals surface area contributed by atoms with E-state index in [1.807, 2.05) is 44.3 Å². The van der Waals surface area contributed by atoms with Crippen LogP contribution in [0.25, 0.3) is 0 Å². The van der Waals surface area contributed by atoms with E-state index in [-0.39, 0.29) is 6.04 Å². The van der Waals surface area contributed by atoms with Gasteiger partial charge in [0.15, 0.2) is 0 Å². The Labute approximate surface area is 132 Å². The predicted molar refractivity (Wildman–Crippen MR) is 88.3 cm³/mol. The van der Waals surface area contributed by atoms with Gasteiger partial charge in [-0.15, -0.1) is 0 Å². The van der Waals surface area contributed by atoms with E-state index < -0.39 is 0 Å². The first-order chi connectivity index (χ1) is 10.6. The first kappa shape index (κ1) is 16.3. The van der Waals surface area contributed by atoms with Crippen LogP contribution in [0.4, 0.5) is 0 Å². The lowest BCUT2D eigenvalue weighted by atomic mass is 10.1. The normalized spacial score (nSPS) is 12.0. The number of hydrogen-bond acceptors (Lipinski definition) is 4. The molecule has 0 bridgehead atoms. The van der Waals surface area contributed by atoms with Crippen molar-refractivity contribution in [2.24, 2.45) is 5.73 Å². The molecule has 0 fully saturated rings. The van der Waals surface area contributed by atoms with Crippen molar-refractivity contribution >= 4 is 0 Å². The maximum atomic E-state index is 6.01. The third kappa shape index (κ3) is 3.57. The summed E-state index contributed by atoms with van der Waals surface area (Å²) >= 11 is 0. The number of hydrogen-bond donors (Lipinski definition) is 1. The molecule has 2 aromatic rings. The second kappa shape index (κ2) is 7.27. The third-order valence-corrected chi connectivity index (χ3v) is 3.87. The summed E-state index contributed by atoms with van der Waals surface area (Å²) in [7, 11) is 1.68. The van der Waals surface area contributed by atoms with Gasteiger partial charge in [-0.2, -0.15) is 0 Å². The van der Waals surface area contributed by atoms with E-state index in [9.17, 15) is 0 Å². The number of aromatic nitrogens is 1. The van der Waals surface area contributed by atoms with Gasteiger partial charge in [-0.3, -0.25) is 4.98 Å². The predicted octanol–water partition coefficient (Wildman–Crippen LogP) is 3.70. The fourth-order valence-electron chi connectivity index (χ4n) is 2.42. The number of aryl methyl sites for hydroxylation is 1. The second-order valence-corrected chi connectivity index (χ2v) is 5.42. The van der Waals surface area contributed by atoms with Crippen LogP contribution >= 0.6 is 0 Å². The number of benzene rings is 1. The lowest BCUT2D eigenvalue weighted by Gasteiger charge is -2.14. The molecule has 4 heteroatoms. The number of pyridine rings is 1. The SMILES string of the molecule is CCC(N)c1ccc(OCc2ncc(C)c(OC)c2C)cc1. The zero-order valence-electron chi connectivity index (χ0n) is 13.7. The molecule has 2 N–H and O–H groups in total. The van der Waals surface area contributed by atoms with Gasteiger partial charge < -0.3 is 15.2 Å². The molecule has 0 aliphatic heterocycles. The molecule has 0 saturated heterocycles. The fraction of sp³-hybridized carbons (Fsp3) is 0.389. The summed E-state index contributed by atoms with van der Waals surface area (Å²) in [6.45, 7) is 6.48. The molecule has 118 valence electrons. The van der Waals surface area contributed by atoms with E-state index in [1.165, 1.54) is 0 Å². The standard InChI is InChI=1S/C18H24N2O2/c1-5-16(19)14-6-8-15(9-7-14)22-11-17-13(3)18(21-4)12(2)10-20-17/h6-10,16H,5,11,19H2,1-4H3. The van der Waals surface area contributed by atoms with Crippen molar-refractivity contribution in [1.82, 2.24) is 4.98 Å². The molecule has 4 nitrogen and oxygen atoms in total. The highest BCUT2D eigenvalue weighted by Gasteiger charge is 2.10. The molecule has 0 aliphatic rings. The van der Waals surface area contributed by atoms with Gasteiger partial charge in [0.2, 0.25) is 0 Å². The molecular weight excluding hydrogens is 276 g/mol. The molecule has 22 heavy (non-hydrogen) atoms. The quantitative estimate of drug-likeness (QED) is 0.884. The summed E-state index contributed by atoms with van der Waals surface area (Å²) in [5.41, 5.74) is 10.1. The zero-order chi connectivity index (χ0) is 16.1. The Kier molecular flexibility index (Phi) is 5.39. The molecule has 0 aliphatic carbocycles.